The lowest BCUT2D eigenvalue weighted by Crippen LogP contribution is -2.52. The first-order chi connectivity index (χ1) is 16.3. The predicted molar refractivity (Wildman–Crippen MR) is 135 cm³/mol. The van der Waals surface area contributed by atoms with E-state index in [-0.39, 0.29) is 6.04 Å². The van der Waals surface area contributed by atoms with Gasteiger partial charge in [0, 0.05) is 31.2 Å². The average Bonchev–Trinajstić information content (AvgIpc) is 2.84. The summed E-state index contributed by atoms with van der Waals surface area (Å²) in [6.45, 7) is 4.34. The number of β-amino-alcohol motifs (C(OH)–C–C–N with tert-alkyl or cyclic N) is 1. The van der Waals surface area contributed by atoms with Crippen molar-refractivity contribution in [3.63, 3.8) is 0 Å². The van der Waals surface area contributed by atoms with Gasteiger partial charge in [-0.2, -0.15) is 10.5 Å². The van der Waals surface area contributed by atoms with Crippen LogP contribution < -0.4 is 4.90 Å². The lowest BCUT2D eigenvalue weighted by molar-refractivity contribution is 0.0103. The molecule has 0 saturated carbocycles. The van der Waals surface area contributed by atoms with Gasteiger partial charge in [-0.3, -0.25) is 4.90 Å². The zero-order chi connectivity index (χ0) is 24.3. The van der Waals surface area contributed by atoms with E-state index < -0.39 is 5.60 Å². The Bertz CT molecular complexity index is 1240. The Morgan fingerprint density at radius 1 is 0.941 bits per heavy atom. The molecule has 1 aliphatic rings. The minimum absolute atomic E-state index is 0.0202. The molecule has 1 fully saturated rings. The SMILES string of the molecule is CC(O)(CN1CCN(c2ccc(C#N)cc2Cl)C(c2ccc(Cl)cc2)C1)c1ccc(C#N)cc1. The van der Waals surface area contributed by atoms with E-state index in [1.54, 1.807) is 31.2 Å². The summed E-state index contributed by atoms with van der Waals surface area (Å²) >= 11 is 12.7. The molecule has 2 unspecified atom stereocenters. The molecule has 2 atom stereocenters. The molecule has 0 aromatic heterocycles. The van der Waals surface area contributed by atoms with Gasteiger partial charge in [-0.15, -0.1) is 0 Å². The Balaban J connectivity index is 1.61. The third kappa shape index (κ3) is 5.20. The van der Waals surface area contributed by atoms with Gasteiger partial charge in [0.25, 0.3) is 0 Å². The number of piperazine rings is 1. The number of nitrogens with zero attached hydrogens (tertiary/aromatic N) is 4. The Kier molecular flexibility index (Phi) is 7.12. The summed E-state index contributed by atoms with van der Waals surface area (Å²) in [6.07, 6.45) is 0. The van der Waals surface area contributed by atoms with Crippen LogP contribution in [-0.2, 0) is 5.60 Å². The molecular formula is C27H24Cl2N4O. The number of hydrogen-bond donors (Lipinski definition) is 1. The van der Waals surface area contributed by atoms with Crippen LogP contribution in [0.3, 0.4) is 0 Å². The normalized spacial score (nSPS) is 18.1. The molecule has 3 aromatic rings. The van der Waals surface area contributed by atoms with Crippen LogP contribution in [0.2, 0.25) is 10.0 Å². The van der Waals surface area contributed by atoms with Crippen molar-refractivity contribution in [1.29, 1.82) is 10.5 Å². The fourth-order valence-corrected chi connectivity index (χ4v) is 4.90. The highest BCUT2D eigenvalue weighted by atomic mass is 35.5. The highest BCUT2D eigenvalue weighted by Gasteiger charge is 2.34. The smallest absolute Gasteiger partial charge is 0.0994 e. The number of benzene rings is 3. The van der Waals surface area contributed by atoms with Gasteiger partial charge in [-0.1, -0.05) is 47.5 Å². The second kappa shape index (κ2) is 10.1. The van der Waals surface area contributed by atoms with Gasteiger partial charge in [0.1, 0.15) is 0 Å². The van der Waals surface area contributed by atoms with E-state index in [0.717, 1.165) is 23.4 Å². The van der Waals surface area contributed by atoms with Crippen LogP contribution in [0.1, 0.15) is 35.2 Å². The fourth-order valence-electron chi connectivity index (χ4n) is 4.48. The fraction of sp³-hybridized carbons (Fsp3) is 0.259. The summed E-state index contributed by atoms with van der Waals surface area (Å²) in [6, 6.07) is 24.4. The third-order valence-electron chi connectivity index (χ3n) is 6.27. The highest BCUT2D eigenvalue weighted by Crippen LogP contribution is 2.37. The maximum atomic E-state index is 11.3. The molecular weight excluding hydrogens is 467 g/mol. The van der Waals surface area contributed by atoms with Crippen LogP contribution in [0.15, 0.2) is 66.7 Å². The van der Waals surface area contributed by atoms with E-state index in [2.05, 4.69) is 21.9 Å². The standard InChI is InChI=1S/C27H24Cl2N4O/c1-27(34,22-7-2-19(15-30)3-8-22)18-32-12-13-33(25-11-4-20(16-31)14-24(25)29)26(17-32)21-5-9-23(28)10-6-21/h2-11,14,26,34H,12-13,17-18H2,1H3. The van der Waals surface area contributed by atoms with Gasteiger partial charge < -0.3 is 10.0 Å². The van der Waals surface area contributed by atoms with Gasteiger partial charge in [0.15, 0.2) is 0 Å². The van der Waals surface area contributed by atoms with Crippen molar-refractivity contribution in [2.75, 3.05) is 31.1 Å². The second-order valence-electron chi connectivity index (χ2n) is 8.74. The molecule has 5 nitrogen and oxygen atoms in total. The van der Waals surface area contributed by atoms with Crippen molar-refractivity contribution in [3.8, 4) is 12.1 Å². The van der Waals surface area contributed by atoms with Crippen LogP contribution in [0.25, 0.3) is 0 Å². The molecule has 4 rings (SSSR count). The van der Waals surface area contributed by atoms with E-state index >= 15 is 0 Å². The Labute approximate surface area is 210 Å². The first-order valence-corrected chi connectivity index (χ1v) is 11.7. The van der Waals surface area contributed by atoms with E-state index in [1.807, 2.05) is 42.5 Å². The van der Waals surface area contributed by atoms with Crippen LogP contribution in [0.4, 0.5) is 5.69 Å². The number of hydrogen-bond acceptors (Lipinski definition) is 5. The number of aliphatic hydroxyl groups is 1. The Morgan fingerprint density at radius 2 is 1.59 bits per heavy atom. The van der Waals surface area contributed by atoms with E-state index in [9.17, 15) is 10.4 Å². The number of halogens is 2. The first kappa shape index (κ1) is 24.1. The number of anilines is 1. The molecule has 34 heavy (non-hydrogen) atoms. The summed E-state index contributed by atoms with van der Waals surface area (Å²) in [5.74, 6) is 0. The number of rotatable bonds is 5. The van der Waals surface area contributed by atoms with E-state index in [0.29, 0.717) is 40.8 Å². The molecule has 1 heterocycles. The molecule has 1 aliphatic heterocycles. The molecule has 0 amide bonds. The minimum atomic E-state index is -1.08. The largest absolute Gasteiger partial charge is 0.384 e. The Morgan fingerprint density at radius 3 is 2.21 bits per heavy atom. The van der Waals surface area contributed by atoms with E-state index in [1.165, 1.54) is 0 Å². The predicted octanol–water partition coefficient (Wildman–Crippen LogP) is 5.51. The summed E-state index contributed by atoms with van der Waals surface area (Å²) in [7, 11) is 0. The van der Waals surface area contributed by atoms with Gasteiger partial charge in [-0.25, -0.2) is 0 Å². The highest BCUT2D eigenvalue weighted by molar-refractivity contribution is 6.33. The van der Waals surface area contributed by atoms with Crippen molar-refractivity contribution in [2.24, 2.45) is 0 Å². The van der Waals surface area contributed by atoms with Crippen molar-refractivity contribution >= 4 is 28.9 Å². The maximum absolute atomic E-state index is 11.3. The van der Waals surface area contributed by atoms with Gasteiger partial charge in [0.05, 0.1) is 45.6 Å². The topological polar surface area (TPSA) is 74.3 Å². The van der Waals surface area contributed by atoms with Gasteiger partial charge >= 0.3 is 0 Å². The minimum Gasteiger partial charge on any atom is -0.384 e. The molecule has 0 bridgehead atoms. The summed E-state index contributed by atoms with van der Waals surface area (Å²) in [5.41, 5.74) is 2.75. The van der Waals surface area contributed by atoms with Crippen molar-refractivity contribution in [3.05, 3.63) is 99.0 Å². The van der Waals surface area contributed by atoms with Crippen LogP contribution in [-0.4, -0.2) is 36.2 Å². The second-order valence-corrected chi connectivity index (χ2v) is 9.58. The van der Waals surface area contributed by atoms with Crippen LogP contribution in [0.5, 0.6) is 0 Å². The van der Waals surface area contributed by atoms with Crippen molar-refractivity contribution < 1.29 is 5.11 Å². The third-order valence-corrected chi connectivity index (χ3v) is 6.83. The van der Waals surface area contributed by atoms with Crippen molar-refractivity contribution in [1.82, 2.24) is 4.90 Å². The van der Waals surface area contributed by atoms with Gasteiger partial charge in [-0.05, 0) is 60.5 Å². The zero-order valence-electron chi connectivity index (χ0n) is 18.7. The van der Waals surface area contributed by atoms with Crippen LogP contribution in [0, 0.1) is 22.7 Å². The lowest BCUT2D eigenvalue weighted by Gasteiger charge is -2.45. The summed E-state index contributed by atoms with van der Waals surface area (Å²) < 4.78 is 0. The molecule has 3 aromatic carbocycles. The molecule has 0 radical (unpaired) electrons. The molecule has 172 valence electrons. The molecule has 1 saturated heterocycles. The summed E-state index contributed by atoms with van der Waals surface area (Å²) in [4.78, 5) is 4.49. The molecule has 0 spiro atoms. The molecule has 0 aliphatic carbocycles. The Hall–Kier alpha value is -3.06. The van der Waals surface area contributed by atoms with Gasteiger partial charge in [0.2, 0.25) is 0 Å². The lowest BCUT2D eigenvalue weighted by atomic mass is 9.93. The molecule has 1 N–H and O–H groups in total. The monoisotopic (exact) mass is 490 g/mol. The number of nitriles is 2. The maximum Gasteiger partial charge on any atom is 0.0994 e. The van der Waals surface area contributed by atoms with E-state index in [4.69, 9.17) is 28.5 Å². The first-order valence-electron chi connectivity index (χ1n) is 11.0. The van der Waals surface area contributed by atoms with Crippen molar-refractivity contribution in [2.45, 2.75) is 18.6 Å². The molecule has 7 heteroatoms. The quantitative estimate of drug-likeness (QED) is 0.510. The zero-order valence-corrected chi connectivity index (χ0v) is 20.3. The average molecular weight is 491 g/mol. The van der Waals surface area contributed by atoms with Crippen LogP contribution >= 0.6 is 23.2 Å². The summed E-state index contributed by atoms with van der Waals surface area (Å²) in [5, 5.41) is 30.7.